The van der Waals surface area contributed by atoms with E-state index in [0.717, 1.165) is 31.9 Å². The van der Waals surface area contributed by atoms with Gasteiger partial charge in [-0.2, -0.15) is 0 Å². The molecule has 104 valence electrons. The van der Waals surface area contributed by atoms with Crippen LogP contribution in [0.4, 0.5) is 0 Å². The van der Waals surface area contributed by atoms with Crippen LogP contribution in [-0.4, -0.2) is 44.6 Å². The topological polar surface area (TPSA) is 72.5 Å². The van der Waals surface area contributed by atoms with Gasteiger partial charge >= 0.3 is 0 Å². The summed E-state index contributed by atoms with van der Waals surface area (Å²) < 4.78 is 27.8. The molecule has 0 saturated heterocycles. The van der Waals surface area contributed by atoms with Crippen LogP contribution in [-0.2, 0) is 19.4 Å². The van der Waals surface area contributed by atoms with Gasteiger partial charge in [0, 0.05) is 13.4 Å². The summed E-state index contributed by atoms with van der Waals surface area (Å²) in [4.78, 5) is 12.3. The van der Waals surface area contributed by atoms with E-state index in [1.807, 2.05) is 0 Å². The van der Waals surface area contributed by atoms with Crippen LogP contribution in [0.5, 0.6) is 0 Å². The Morgan fingerprint density at radius 2 is 1.94 bits per heavy atom. The average molecular weight is 275 g/mol. The van der Waals surface area contributed by atoms with Gasteiger partial charge in [-0.3, -0.25) is 4.79 Å². The molecule has 6 heteroatoms. The highest BCUT2D eigenvalue weighted by molar-refractivity contribution is 7.93. The fraction of sp³-hybridized carbons (Fsp3) is 0.917. The maximum atomic E-state index is 12.3. The molecule has 2 atom stereocenters. The zero-order valence-corrected chi connectivity index (χ0v) is 11.8. The molecule has 0 spiro atoms. The monoisotopic (exact) mass is 275 g/mol. The van der Waals surface area contributed by atoms with E-state index < -0.39 is 14.6 Å². The maximum absolute atomic E-state index is 12.3. The van der Waals surface area contributed by atoms with Crippen molar-refractivity contribution in [1.82, 2.24) is 5.32 Å². The summed E-state index contributed by atoms with van der Waals surface area (Å²) in [5, 5.41) is 2.89. The Kier molecular flexibility index (Phi) is 3.69. The van der Waals surface area contributed by atoms with Crippen molar-refractivity contribution >= 4 is 15.7 Å². The van der Waals surface area contributed by atoms with Gasteiger partial charge in [-0.05, 0) is 38.5 Å². The summed E-state index contributed by atoms with van der Waals surface area (Å²) in [5.41, 5.74) is 0. The van der Waals surface area contributed by atoms with Crippen LogP contribution >= 0.6 is 0 Å². The molecule has 2 rings (SSSR count). The molecule has 0 radical (unpaired) electrons. The molecule has 2 aliphatic rings. The number of hydrogen-bond acceptors (Lipinski definition) is 4. The number of ether oxygens (including phenoxy) is 1. The molecule has 1 N–H and O–H groups in total. The van der Waals surface area contributed by atoms with Crippen LogP contribution < -0.4 is 5.32 Å². The second-order valence-electron chi connectivity index (χ2n) is 5.41. The van der Waals surface area contributed by atoms with Crippen molar-refractivity contribution in [3.8, 4) is 0 Å². The van der Waals surface area contributed by atoms with E-state index in [-0.39, 0.29) is 18.1 Å². The van der Waals surface area contributed by atoms with Gasteiger partial charge < -0.3 is 10.1 Å². The highest BCUT2D eigenvalue weighted by Crippen LogP contribution is 2.39. The quantitative estimate of drug-likeness (QED) is 0.817. The molecular weight excluding hydrogens is 254 g/mol. The molecule has 5 nitrogen and oxygen atoms in total. The number of amides is 1. The van der Waals surface area contributed by atoms with Crippen molar-refractivity contribution in [1.29, 1.82) is 0 Å². The van der Waals surface area contributed by atoms with E-state index in [9.17, 15) is 13.2 Å². The van der Waals surface area contributed by atoms with Gasteiger partial charge in [-0.15, -0.1) is 0 Å². The Hall–Kier alpha value is -0.620. The second kappa shape index (κ2) is 4.81. The molecule has 18 heavy (non-hydrogen) atoms. The van der Waals surface area contributed by atoms with Gasteiger partial charge in [0.25, 0.3) is 0 Å². The number of carbonyl (C=O) groups is 1. The SMILES string of the molecule is COC1CCCC1NC(=O)C1(S(C)(=O)=O)CCC1. The van der Waals surface area contributed by atoms with E-state index in [4.69, 9.17) is 4.74 Å². The molecule has 0 aliphatic heterocycles. The highest BCUT2D eigenvalue weighted by atomic mass is 32.2. The minimum atomic E-state index is -3.35. The first-order valence-corrected chi connectivity index (χ1v) is 8.33. The largest absolute Gasteiger partial charge is 0.379 e. The Bertz CT molecular complexity index is 427. The number of methoxy groups -OCH3 is 1. The first kappa shape index (κ1) is 13.8. The minimum Gasteiger partial charge on any atom is -0.379 e. The zero-order chi connectivity index (χ0) is 13.4. The van der Waals surface area contributed by atoms with Crippen molar-refractivity contribution in [2.24, 2.45) is 0 Å². The summed E-state index contributed by atoms with van der Waals surface area (Å²) in [6, 6.07) is -0.0401. The standard InChI is InChI=1S/C12H21NO4S/c1-17-10-6-3-5-9(10)13-11(14)12(7-4-8-12)18(2,15)16/h9-10H,3-8H2,1-2H3,(H,13,14). The lowest BCUT2D eigenvalue weighted by molar-refractivity contribution is -0.127. The van der Waals surface area contributed by atoms with E-state index in [1.54, 1.807) is 7.11 Å². The smallest absolute Gasteiger partial charge is 0.241 e. The van der Waals surface area contributed by atoms with E-state index in [2.05, 4.69) is 5.32 Å². The van der Waals surface area contributed by atoms with E-state index in [0.29, 0.717) is 12.8 Å². The molecule has 0 aromatic heterocycles. The normalized spacial score (nSPS) is 30.8. The third-order valence-corrected chi connectivity index (χ3v) is 6.37. The molecule has 2 fully saturated rings. The van der Waals surface area contributed by atoms with Crippen molar-refractivity contribution in [2.75, 3.05) is 13.4 Å². The first-order chi connectivity index (χ1) is 8.40. The van der Waals surface area contributed by atoms with Crippen LogP contribution in [0.1, 0.15) is 38.5 Å². The number of nitrogens with one attached hydrogen (secondary N) is 1. The summed E-state index contributed by atoms with van der Waals surface area (Å²) in [6.07, 6.45) is 5.68. The van der Waals surface area contributed by atoms with Crippen molar-refractivity contribution < 1.29 is 17.9 Å². The summed E-state index contributed by atoms with van der Waals surface area (Å²) in [7, 11) is -1.72. The van der Waals surface area contributed by atoms with Gasteiger partial charge in [0.15, 0.2) is 9.84 Å². The Morgan fingerprint density at radius 1 is 1.28 bits per heavy atom. The molecule has 2 saturated carbocycles. The average Bonchev–Trinajstić information content (AvgIpc) is 2.60. The van der Waals surface area contributed by atoms with Crippen LogP contribution in [0.25, 0.3) is 0 Å². The predicted octanol–water partition coefficient (Wildman–Crippen LogP) is 0.637. The number of rotatable bonds is 4. The molecular formula is C12H21NO4S. The van der Waals surface area contributed by atoms with Crippen molar-refractivity contribution in [3.63, 3.8) is 0 Å². The third kappa shape index (κ3) is 2.16. The summed E-state index contributed by atoms with van der Waals surface area (Å²) >= 11 is 0. The maximum Gasteiger partial charge on any atom is 0.241 e. The molecule has 1 amide bonds. The van der Waals surface area contributed by atoms with Crippen molar-refractivity contribution in [2.45, 2.75) is 55.4 Å². The molecule has 0 heterocycles. The zero-order valence-electron chi connectivity index (χ0n) is 10.9. The molecule has 0 bridgehead atoms. The van der Waals surface area contributed by atoms with Crippen LogP contribution in [0.2, 0.25) is 0 Å². The van der Waals surface area contributed by atoms with E-state index >= 15 is 0 Å². The number of hydrogen-bond donors (Lipinski definition) is 1. The Labute approximate surface area is 108 Å². The van der Waals surface area contributed by atoms with Crippen LogP contribution in [0.15, 0.2) is 0 Å². The van der Waals surface area contributed by atoms with Crippen LogP contribution in [0, 0.1) is 0 Å². The summed E-state index contributed by atoms with van der Waals surface area (Å²) in [5.74, 6) is -0.329. The van der Waals surface area contributed by atoms with Gasteiger partial charge in [0.05, 0.1) is 12.1 Å². The fourth-order valence-electron chi connectivity index (χ4n) is 2.94. The fourth-order valence-corrected chi connectivity index (χ4v) is 4.36. The van der Waals surface area contributed by atoms with Crippen molar-refractivity contribution in [3.05, 3.63) is 0 Å². The van der Waals surface area contributed by atoms with Gasteiger partial charge in [0.1, 0.15) is 4.75 Å². The van der Waals surface area contributed by atoms with Gasteiger partial charge in [-0.25, -0.2) is 8.42 Å². The molecule has 2 unspecified atom stereocenters. The van der Waals surface area contributed by atoms with E-state index in [1.165, 1.54) is 0 Å². The number of sulfone groups is 1. The lowest BCUT2D eigenvalue weighted by Crippen LogP contribution is -2.59. The minimum absolute atomic E-state index is 0.0191. The first-order valence-electron chi connectivity index (χ1n) is 6.44. The lowest BCUT2D eigenvalue weighted by Gasteiger charge is -2.39. The summed E-state index contributed by atoms with van der Waals surface area (Å²) in [6.45, 7) is 0. The number of carbonyl (C=O) groups excluding carboxylic acids is 1. The predicted molar refractivity (Wildman–Crippen MR) is 68.0 cm³/mol. The third-order valence-electron chi connectivity index (χ3n) is 4.36. The highest BCUT2D eigenvalue weighted by Gasteiger charge is 2.53. The lowest BCUT2D eigenvalue weighted by atomic mass is 9.83. The van der Waals surface area contributed by atoms with Crippen LogP contribution in [0.3, 0.4) is 0 Å². The molecule has 2 aliphatic carbocycles. The van der Waals surface area contributed by atoms with Gasteiger partial charge in [0.2, 0.25) is 5.91 Å². The second-order valence-corrected chi connectivity index (χ2v) is 7.73. The van der Waals surface area contributed by atoms with Gasteiger partial charge in [-0.1, -0.05) is 0 Å². The Morgan fingerprint density at radius 3 is 2.39 bits per heavy atom. The Balaban J connectivity index is 2.08. The molecule has 0 aromatic rings. The molecule has 0 aromatic carbocycles.